The van der Waals surface area contributed by atoms with Gasteiger partial charge in [0, 0.05) is 48.3 Å². The van der Waals surface area contributed by atoms with E-state index in [0.29, 0.717) is 23.8 Å². The van der Waals surface area contributed by atoms with Crippen LogP contribution in [0.3, 0.4) is 0 Å². The number of imidazole rings is 1. The number of fused-ring (bicyclic) bond motifs is 1. The average Bonchev–Trinajstić information content (AvgIpc) is 3.49. The van der Waals surface area contributed by atoms with E-state index in [2.05, 4.69) is 37.9 Å². The molecule has 0 unspecified atom stereocenters. The molecule has 3 aromatic heterocycles. The van der Waals surface area contributed by atoms with Gasteiger partial charge in [0.2, 0.25) is 0 Å². The van der Waals surface area contributed by atoms with Crippen LogP contribution in [-0.4, -0.2) is 39.1 Å². The lowest BCUT2D eigenvalue weighted by Gasteiger charge is -2.15. The highest BCUT2D eigenvalue weighted by Crippen LogP contribution is 2.38. The molecular formula is C24H24N6O2. The van der Waals surface area contributed by atoms with E-state index < -0.39 is 0 Å². The molecule has 8 heteroatoms. The summed E-state index contributed by atoms with van der Waals surface area (Å²) in [5.74, 6) is 1.31. The summed E-state index contributed by atoms with van der Waals surface area (Å²) in [6.45, 7) is 4.46. The molecule has 32 heavy (non-hydrogen) atoms. The summed E-state index contributed by atoms with van der Waals surface area (Å²) >= 11 is 0. The number of aromatic nitrogens is 6. The van der Waals surface area contributed by atoms with Crippen molar-refractivity contribution < 1.29 is 10.2 Å². The summed E-state index contributed by atoms with van der Waals surface area (Å²) in [5.41, 5.74) is 3.26. The molecule has 3 heterocycles. The van der Waals surface area contributed by atoms with Crippen LogP contribution < -0.4 is 0 Å². The van der Waals surface area contributed by atoms with Gasteiger partial charge in [0.25, 0.3) is 0 Å². The van der Waals surface area contributed by atoms with E-state index in [1.165, 1.54) is 6.07 Å². The predicted octanol–water partition coefficient (Wildman–Crippen LogP) is 4.21. The van der Waals surface area contributed by atoms with Gasteiger partial charge in [0.1, 0.15) is 11.5 Å². The summed E-state index contributed by atoms with van der Waals surface area (Å²) in [6.07, 6.45) is 7.34. The zero-order valence-corrected chi connectivity index (χ0v) is 18.1. The van der Waals surface area contributed by atoms with E-state index in [1.54, 1.807) is 18.6 Å². The molecule has 162 valence electrons. The second-order valence-corrected chi connectivity index (χ2v) is 8.26. The molecule has 0 amide bonds. The van der Waals surface area contributed by atoms with Crippen LogP contribution in [0.5, 0.6) is 11.5 Å². The fraction of sp³-hybridized carbons (Fsp3) is 0.208. The number of rotatable bonds is 5. The van der Waals surface area contributed by atoms with Crippen molar-refractivity contribution in [3.63, 3.8) is 0 Å². The van der Waals surface area contributed by atoms with E-state index in [-0.39, 0.29) is 17.4 Å². The SMILES string of the molecule is CC(C)c1cc(-c2nnc(Cn3ccnc3)n2-c2ccc3c(ccn3C)c2)c(O)cc1O. The number of aryl methyl sites for hydroxylation is 1. The molecule has 0 atom stereocenters. The van der Waals surface area contributed by atoms with Crippen molar-refractivity contribution in [3.05, 3.63) is 72.7 Å². The van der Waals surface area contributed by atoms with Crippen LogP contribution in [-0.2, 0) is 13.6 Å². The molecular weight excluding hydrogens is 404 g/mol. The first-order valence-electron chi connectivity index (χ1n) is 10.4. The Bertz CT molecular complexity index is 1410. The maximum absolute atomic E-state index is 10.7. The number of hydrogen-bond donors (Lipinski definition) is 2. The normalized spacial score (nSPS) is 11.6. The number of benzene rings is 2. The minimum Gasteiger partial charge on any atom is -0.508 e. The first-order chi connectivity index (χ1) is 15.4. The fourth-order valence-electron chi connectivity index (χ4n) is 4.05. The molecule has 0 radical (unpaired) electrons. The second kappa shape index (κ2) is 7.56. The summed E-state index contributed by atoms with van der Waals surface area (Å²) in [4.78, 5) is 4.12. The van der Waals surface area contributed by atoms with Gasteiger partial charge in [-0.3, -0.25) is 4.57 Å². The van der Waals surface area contributed by atoms with Gasteiger partial charge in [-0.1, -0.05) is 13.8 Å². The Labute approximate surface area is 185 Å². The Morgan fingerprint density at radius 1 is 0.969 bits per heavy atom. The van der Waals surface area contributed by atoms with E-state index in [4.69, 9.17) is 0 Å². The third kappa shape index (κ3) is 3.30. The minimum absolute atomic E-state index is 0.0458. The molecule has 0 spiro atoms. The number of hydrogen-bond acceptors (Lipinski definition) is 5. The Hall–Kier alpha value is -4.07. The van der Waals surface area contributed by atoms with Crippen molar-refractivity contribution in [1.29, 1.82) is 0 Å². The largest absolute Gasteiger partial charge is 0.508 e. The fourth-order valence-corrected chi connectivity index (χ4v) is 4.05. The predicted molar refractivity (Wildman–Crippen MR) is 122 cm³/mol. The van der Waals surface area contributed by atoms with Crippen molar-refractivity contribution in [2.24, 2.45) is 7.05 Å². The summed E-state index contributed by atoms with van der Waals surface area (Å²) in [7, 11) is 2.01. The third-order valence-electron chi connectivity index (χ3n) is 5.75. The standard InChI is InChI=1S/C24H24N6O2/c1-15(2)18-11-19(22(32)12-21(18)31)24-27-26-23(13-29-9-7-25-14-29)30(24)17-4-5-20-16(10-17)6-8-28(20)3/h4-12,14-15,31-32H,13H2,1-3H3. The van der Waals surface area contributed by atoms with Gasteiger partial charge in [-0.05, 0) is 41.8 Å². The van der Waals surface area contributed by atoms with E-state index in [9.17, 15) is 10.2 Å². The van der Waals surface area contributed by atoms with Gasteiger partial charge < -0.3 is 19.3 Å². The van der Waals surface area contributed by atoms with Gasteiger partial charge >= 0.3 is 0 Å². The first kappa shape index (κ1) is 19.9. The van der Waals surface area contributed by atoms with Crippen LogP contribution >= 0.6 is 0 Å². The lowest BCUT2D eigenvalue weighted by Crippen LogP contribution is -2.08. The van der Waals surface area contributed by atoms with Crippen molar-refractivity contribution in [2.75, 3.05) is 0 Å². The topological polar surface area (TPSA) is 93.9 Å². The zero-order valence-electron chi connectivity index (χ0n) is 18.1. The first-order valence-corrected chi connectivity index (χ1v) is 10.4. The lowest BCUT2D eigenvalue weighted by atomic mass is 9.98. The highest BCUT2D eigenvalue weighted by molar-refractivity contribution is 5.83. The highest BCUT2D eigenvalue weighted by Gasteiger charge is 2.21. The minimum atomic E-state index is -0.0458. The monoisotopic (exact) mass is 428 g/mol. The highest BCUT2D eigenvalue weighted by atomic mass is 16.3. The molecule has 2 N–H and O–H groups in total. The van der Waals surface area contributed by atoms with Gasteiger partial charge in [-0.25, -0.2) is 4.98 Å². The molecule has 2 aromatic carbocycles. The van der Waals surface area contributed by atoms with Crippen LogP contribution in [0, 0.1) is 0 Å². The average molecular weight is 428 g/mol. The number of aromatic hydroxyl groups is 2. The Morgan fingerprint density at radius 3 is 2.56 bits per heavy atom. The summed E-state index contributed by atoms with van der Waals surface area (Å²) < 4.78 is 5.93. The zero-order chi connectivity index (χ0) is 22.4. The smallest absolute Gasteiger partial charge is 0.172 e. The van der Waals surface area contributed by atoms with Crippen molar-refractivity contribution >= 4 is 10.9 Å². The van der Waals surface area contributed by atoms with E-state index >= 15 is 0 Å². The van der Waals surface area contributed by atoms with Crippen molar-refractivity contribution in [3.8, 4) is 28.6 Å². The quantitative estimate of drug-likeness (QED) is 0.437. The van der Waals surface area contributed by atoms with Gasteiger partial charge in [0.05, 0.1) is 18.4 Å². The number of phenolic OH excluding ortho intramolecular Hbond substituents is 2. The third-order valence-corrected chi connectivity index (χ3v) is 5.75. The Kier molecular flexibility index (Phi) is 4.70. The van der Waals surface area contributed by atoms with E-state index in [0.717, 1.165) is 22.2 Å². The van der Waals surface area contributed by atoms with E-state index in [1.807, 2.05) is 48.5 Å². The summed E-state index contributed by atoms with van der Waals surface area (Å²) in [5, 5.41) is 31.0. The Morgan fingerprint density at radius 2 is 1.81 bits per heavy atom. The lowest BCUT2D eigenvalue weighted by molar-refractivity contribution is 0.444. The summed E-state index contributed by atoms with van der Waals surface area (Å²) in [6, 6.07) is 11.4. The molecule has 5 rings (SSSR count). The molecule has 0 aliphatic heterocycles. The molecule has 8 nitrogen and oxygen atoms in total. The maximum Gasteiger partial charge on any atom is 0.172 e. The van der Waals surface area contributed by atoms with Crippen LogP contribution in [0.2, 0.25) is 0 Å². The number of phenols is 2. The molecule has 0 aliphatic carbocycles. The number of nitrogens with zero attached hydrogens (tertiary/aromatic N) is 6. The van der Waals surface area contributed by atoms with Gasteiger partial charge in [-0.2, -0.15) is 0 Å². The molecule has 0 aliphatic rings. The van der Waals surface area contributed by atoms with Crippen molar-refractivity contribution in [1.82, 2.24) is 28.9 Å². The molecule has 0 saturated heterocycles. The van der Waals surface area contributed by atoms with Crippen LogP contribution in [0.15, 0.2) is 61.3 Å². The molecule has 0 fully saturated rings. The molecule has 5 aromatic rings. The van der Waals surface area contributed by atoms with Crippen LogP contribution in [0.1, 0.15) is 31.2 Å². The van der Waals surface area contributed by atoms with Gasteiger partial charge in [0.15, 0.2) is 11.6 Å². The second-order valence-electron chi connectivity index (χ2n) is 8.26. The van der Waals surface area contributed by atoms with Gasteiger partial charge in [-0.15, -0.1) is 10.2 Å². The van der Waals surface area contributed by atoms with Crippen LogP contribution in [0.25, 0.3) is 28.0 Å². The Balaban J connectivity index is 1.73. The maximum atomic E-state index is 10.7. The molecule has 0 saturated carbocycles. The molecule has 0 bridgehead atoms. The van der Waals surface area contributed by atoms with Crippen LogP contribution in [0.4, 0.5) is 0 Å². The van der Waals surface area contributed by atoms with Crippen molar-refractivity contribution in [2.45, 2.75) is 26.3 Å².